The molecule has 2 aromatic heterocycles. The van der Waals surface area contributed by atoms with Gasteiger partial charge in [0.1, 0.15) is 5.69 Å². The van der Waals surface area contributed by atoms with Gasteiger partial charge in [0.05, 0.1) is 4.88 Å². The van der Waals surface area contributed by atoms with Crippen LogP contribution in [0.25, 0.3) is 10.6 Å². The van der Waals surface area contributed by atoms with Crippen LogP contribution in [0.3, 0.4) is 0 Å². The Kier molecular flexibility index (Phi) is 3.43. The lowest BCUT2D eigenvalue weighted by atomic mass is 10.1. The van der Waals surface area contributed by atoms with Crippen molar-refractivity contribution in [2.75, 3.05) is 13.1 Å². The van der Waals surface area contributed by atoms with Gasteiger partial charge in [-0.25, -0.2) is 0 Å². The van der Waals surface area contributed by atoms with E-state index >= 15 is 0 Å². The first kappa shape index (κ1) is 12.8. The molecule has 1 aliphatic heterocycles. The molecular weight excluding hydrogens is 256 g/mol. The monoisotopic (exact) mass is 276 g/mol. The van der Waals surface area contributed by atoms with Crippen molar-refractivity contribution in [3.05, 3.63) is 29.3 Å². The Morgan fingerprint density at radius 3 is 2.95 bits per heavy atom. The SMILES string of the molecule is CC1CN(Cc2cn(C)nc2-c2cccs2)CC1N. The van der Waals surface area contributed by atoms with E-state index in [2.05, 4.69) is 40.6 Å². The molecule has 1 aliphatic rings. The van der Waals surface area contributed by atoms with Crippen molar-refractivity contribution in [1.29, 1.82) is 0 Å². The number of aromatic nitrogens is 2. The standard InChI is InChI=1S/C14H20N4S/c1-10-6-18(9-12(10)15)8-11-7-17(2)16-14(11)13-4-3-5-19-13/h3-5,7,10,12H,6,8-9,15H2,1-2H3. The molecule has 3 rings (SSSR count). The molecule has 2 N–H and O–H groups in total. The van der Waals surface area contributed by atoms with Crippen molar-refractivity contribution in [2.45, 2.75) is 19.5 Å². The predicted octanol–water partition coefficient (Wildman–Crippen LogP) is 1.93. The van der Waals surface area contributed by atoms with Crippen LogP contribution in [-0.2, 0) is 13.6 Å². The van der Waals surface area contributed by atoms with E-state index in [0.29, 0.717) is 12.0 Å². The minimum absolute atomic E-state index is 0.307. The highest BCUT2D eigenvalue weighted by Gasteiger charge is 2.27. The summed E-state index contributed by atoms with van der Waals surface area (Å²) in [5.74, 6) is 0.585. The largest absolute Gasteiger partial charge is 0.326 e. The third-order valence-electron chi connectivity index (χ3n) is 3.80. The molecule has 0 radical (unpaired) electrons. The summed E-state index contributed by atoms with van der Waals surface area (Å²) in [6.45, 7) is 5.24. The van der Waals surface area contributed by atoms with E-state index in [9.17, 15) is 0 Å². The van der Waals surface area contributed by atoms with E-state index in [-0.39, 0.29) is 0 Å². The maximum atomic E-state index is 6.10. The van der Waals surface area contributed by atoms with Crippen LogP contribution in [0.5, 0.6) is 0 Å². The lowest BCUT2D eigenvalue weighted by Crippen LogP contribution is -2.28. The Bertz CT molecular complexity index is 536. The first-order chi connectivity index (χ1) is 9.13. The number of aryl methyl sites for hydroxylation is 1. The van der Waals surface area contributed by atoms with Gasteiger partial charge < -0.3 is 5.73 Å². The number of hydrogen-bond donors (Lipinski definition) is 1. The molecule has 4 nitrogen and oxygen atoms in total. The van der Waals surface area contributed by atoms with Crippen LogP contribution >= 0.6 is 11.3 Å². The molecule has 2 unspecified atom stereocenters. The summed E-state index contributed by atoms with van der Waals surface area (Å²) < 4.78 is 1.91. The minimum atomic E-state index is 0.307. The number of thiophene rings is 1. The number of hydrogen-bond acceptors (Lipinski definition) is 4. The molecule has 0 saturated carbocycles. The normalized spacial score (nSPS) is 24.2. The van der Waals surface area contributed by atoms with Crippen molar-refractivity contribution in [3.8, 4) is 10.6 Å². The van der Waals surface area contributed by atoms with Gasteiger partial charge in [0.25, 0.3) is 0 Å². The second kappa shape index (κ2) is 5.07. The van der Waals surface area contributed by atoms with Crippen molar-refractivity contribution in [1.82, 2.24) is 14.7 Å². The van der Waals surface area contributed by atoms with Crippen LogP contribution in [0.1, 0.15) is 12.5 Å². The maximum Gasteiger partial charge on any atom is 0.107 e. The average Bonchev–Trinajstić information content (AvgIpc) is 3.03. The number of nitrogens with two attached hydrogens (primary N) is 1. The zero-order valence-electron chi connectivity index (χ0n) is 11.4. The fourth-order valence-electron chi connectivity index (χ4n) is 2.74. The van der Waals surface area contributed by atoms with E-state index in [4.69, 9.17) is 5.73 Å². The summed E-state index contributed by atoms with van der Waals surface area (Å²) >= 11 is 1.74. The van der Waals surface area contributed by atoms with Crippen LogP contribution in [0.4, 0.5) is 0 Å². The first-order valence-corrected chi connectivity index (χ1v) is 7.56. The van der Waals surface area contributed by atoms with Crippen molar-refractivity contribution in [3.63, 3.8) is 0 Å². The highest BCUT2D eigenvalue weighted by molar-refractivity contribution is 7.13. The zero-order chi connectivity index (χ0) is 13.4. The van der Waals surface area contributed by atoms with E-state index in [1.807, 2.05) is 11.7 Å². The van der Waals surface area contributed by atoms with Crippen LogP contribution in [0.15, 0.2) is 23.7 Å². The molecule has 5 heteroatoms. The van der Waals surface area contributed by atoms with Gasteiger partial charge >= 0.3 is 0 Å². The summed E-state index contributed by atoms with van der Waals surface area (Å²) in [5.41, 5.74) is 8.51. The summed E-state index contributed by atoms with van der Waals surface area (Å²) in [6.07, 6.45) is 2.13. The van der Waals surface area contributed by atoms with Crippen molar-refractivity contribution in [2.24, 2.45) is 18.7 Å². The van der Waals surface area contributed by atoms with Crippen LogP contribution < -0.4 is 5.73 Å². The lowest BCUT2D eigenvalue weighted by molar-refractivity contribution is 0.319. The molecule has 2 aromatic rings. The topological polar surface area (TPSA) is 47.1 Å². The predicted molar refractivity (Wildman–Crippen MR) is 78.9 cm³/mol. The van der Waals surface area contributed by atoms with Gasteiger partial charge in [0.15, 0.2) is 0 Å². The van der Waals surface area contributed by atoms with Gasteiger partial charge in [-0.1, -0.05) is 13.0 Å². The van der Waals surface area contributed by atoms with Gasteiger partial charge in [0.2, 0.25) is 0 Å². The van der Waals surface area contributed by atoms with E-state index in [1.54, 1.807) is 11.3 Å². The second-order valence-electron chi connectivity index (χ2n) is 5.49. The van der Waals surface area contributed by atoms with Gasteiger partial charge in [-0.15, -0.1) is 11.3 Å². The third kappa shape index (κ3) is 2.59. The smallest absolute Gasteiger partial charge is 0.107 e. The van der Waals surface area contributed by atoms with Gasteiger partial charge in [-0.2, -0.15) is 5.10 Å². The van der Waals surface area contributed by atoms with Crippen LogP contribution in [-0.4, -0.2) is 33.8 Å². The Hall–Kier alpha value is -1.17. The summed E-state index contributed by atoms with van der Waals surface area (Å²) in [4.78, 5) is 3.68. The summed E-state index contributed by atoms with van der Waals surface area (Å²) in [7, 11) is 1.99. The number of nitrogens with zero attached hydrogens (tertiary/aromatic N) is 3. The Labute approximate surface area is 117 Å². The highest BCUT2D eigenvalue weighted by atomic mass is 32.1. The van der Waals surface area contributed by atoms with E-state index < -0.39 is 0 Å². The lowest BCUT2D eigenvalue weighted by Gasteiger charge is -2.14. The minimum Gasteiger partial charge on any atom is -0.326 e. The number of likely N-dealkylation sites (tertiary alicyclic amines) is 1. The van der Waals surface area contributed by atoms with Crippen molar-refractivity contribution < 1.29 is 0 Å². The molecule has 1 fully saturated rings. The molecule has 0 spiro atoms. The molecule has 0 bridgehead atoms. The van der Waals surface area contributed by atoms with Crippen molar-refractivity contribution >= 4 is 11.3 Å². The summed E-state index contributed by atoms with van der Waals surface area (Å²) in [6, 6.07) is 4.52. The van der Waals surface area contributed by atoms with Gasteiger partial charge in [-0.3, -0.25) is 9.58 Å². The molecule has 0 aliphatic carbocycles. The Morgan fingerprint density at radius 2 is 2.32 bits per heavy atom. The van der Waals surface area contributed by atoms with E-state index in [0.717, 1.165) is 25.3 Å². The average molecular weight is 276 g/mol. The fourth-order valence-corrected chi connectivity index (χ4v) is 3.48. The summed E-state index contributed by atoms with van der Waals surface area (Å²) in [5, 5.41) is 6.70. The van der Waals surface area contributed by atoms with E-state index in [1.165, 1.54) is 10.4 Å². The Morgan fingerprint density at radius 1 is 1.47 bits per heavy atom. The molecule has 0 aromatic carbocycles. The third-order valence-corrected chi connectivity index (χ3v) is 4.68. The fraction of sp³-hybridized carbons (Fsp3) is 0.500. The first-order valence-electron chi connectivity index (χ1n) is 6.68. The quantitative estimate of drug-likeness (QED) is 0.932. The van der Waals surface area contributed by atoms with Crippen LogP contribution in [0, 0.1) is 5.92 Å². The molecule has 0 amide bonds. The van der Waals surface area contributed by atoms with Gasteiger partial charge in [0, 0.05) is 44.5 Å². The zero-order valence-corrected chi connectivity index (χ0v) is 12.2. The second-order valence-corrected chi connectivity index (χ2v) is 6.44. The number of rotatable bonds is 3. The van der Waals surface area contributed by atoms with Gasteiger partial charge in [-0.05, 0) is 17.4 Å². The molecule has 2 atom stereocenters. The molecule has 3 heterocycles. The molecule has 19 heavy (non-hydrogen) atoms. The maximum absolute atomic E-state index is 6.10. The molecule has 102 valence electrons. The molecule has 1 saturated heterocycles. The molecular formula is C14H20N4S. The Balaban J connectivity index is 1.82. The highest BCUT2D eigenvalue weighted by Crippen LogP contribution is 2.28. The van der Waals surface area contributed by atoms with Crippen LogP contribution in [0.2, 0.25) is 0 Å².